The molecule has 0 saturated carbocycles. The maximum atomic E-state index is 11.8. The Morgan fingerprint density at radius 2 is 0.973 bits per heavy atom. The first-order chi connectivity index (χ1) is 17.2. The molecule has 4 aromatic carbocycles. The maximum absolute atomic E-state index is 11.8. The fourth-order valence-corrected chi connectivity index (χ4v) is 7.55. The second-order valence-corrected chi connectivity index (χ2v) is 14.7. The number of hydrogen-bond acceptors (Lipinski definition) is 4. The molecule has 0 aliphatic carbocycles. The van der Waals surface area contributed by atoms with E-state index in [9.17, 15) is 25.9 Å². The fourth-order valence-electron chi connectivity index (χ4n) is 3.98. The maximum Gasteiger partial charge on any atom is 0.294 e. The highest BCUT2D eigenvalue weighted by atomic mass is 32.2. The molecule has 2 N–H and O–H groups in total. The molecule has 9 heteroatoms. The van der Waals surface area contributed by atoms with Crippen molar-refractivity contribution in [3.63, 3.8) is 0 Å². The van der Waals surface area contributed by atoms with Gasteiger partial charge in [0, 0.05) is 0 Å². The second kappa shape index (κ2) is 10.1. The molecule has 0 aliphatic heterocycles. The molecule has 0 amide bonds. The molecule has 6 nitrogen and oxygen atoms in total. The van der Waals surface area contributed by atoms with Gasteiger partial charge in [-0.3, -0.25) is 9.11 Å². The van der Waals surface area contributed by atoms with Gasteiger partial charge in [0.2, 0.25) is 0 Å². The molecule has 0 aromatic heterocycles. The zero-order valence-corrected chi connectivity index (χ0v) is 23.1. The molecule has 37 heavy (non-hydrogen) atoms. The molecular weight excluding hydrogens is 527 g/mol. The highest BCUT2D eigenvalue weighted by Gasteiger charge is 2.21. The summed E-state index contributed by atoms with van der Waals surface area (Å²) in [4.78, 5) is -0.502. The molecule has 0 fully saturated rings. The van der Waals surface area contributed by atoms with Crippen LogP contribution in [0, 0.1) is 0 Å². The summed E-state index contributed by atoms with van der Waals surface area (Å²) in [5.41, 5.74) is 3.32. The van der Waals surface area contributed by atoms with Gasteiger partial charge in [0.25, 0.3) is 20.2 Å². The van der Waals surface area contributed by atoms with Gasteiger partial charge in [0.05, 0.1) is 9.79 Å². The molecule has 192 valence electrons. The van der Waals surface area contributed by atoms with Gasteiger partial charge >= 0.3 is 0 Å². The van der Waals surface area contributed by atoms with E-state index in [4.69, 9.17) is 0 Å². The van der Waals surface area contributed by atoms with Gasteiger partial charge in [-0.1, -0.05) is 93.6 Å². The van der Waals surface area contributed by atoms with E-state index in [0.29, 0.717) is 10.6 Å². The SMILES string of the molecule is CC(C)(C)c1ccc(-c2ccc(P(c3cccc(S(=O)(=O)O)c3)c3cccc(S(=O)(=O)O)c3)cc2)cc1. The largest absolute Gasteiger partial charge is 0.294 e. The lowest BCUT2D eigenvalue weighted by Gasteiger charge is -2.21. The van der Waals surface area contributed by atoms with E-state index >= 15 is 0 Å². The minimum absolute atomic E-state index is 0.0470. The van der Waals surface area contributed by atoms with Crippen LogP contribution in [0.2, 0.25) is 0 Å². The Balaban J connectivity index is 1.81. The van der Waals surface area contributed by atoms with Crippen LogP contribution in [0.4, 0.5) is 0 Å². The monoisotopic (exact) mass is 554 g/mol. The van der Waals surface area contributed by atoms with Crippen molar-refractivity contribution in [1.29, 1.82) is 0 Å². The standard InChI is InChI=1S/C28H27O6PS2/c1-28(2,3)22-14-10-20(11-15-22)21-12-16-23(17-13-21)35(24-6-4-8-26(18-24)36(29,30)31)25-7-5-9-27(19-25)37(32,33)34/h4-19H,1-3H3,(H,29,30,31)(H,32,33,34). The molecule has 4 aromatic rings. The smallest absolute Gasteiger partial charge is 0.282 e. The molecule has 4 rings (SSSR count). The predicted molar refractivity (Wildman–Crippen MR) is 149 cm³/mol. The Morgan fingerprint density at radius 1 is 0.568 bits per heavy atom. The van der Waals surface area contributed by atoms with Crippen molar-refractivity contribution >= 4 is 44.1 Å². The highest BCUT2D eigenvalue weighted by molar-refractivity contribution is 7.86. The van der Waals surface area contributed by atoms with Crippen LogP contribution in [0.1, 0.15) is 26.3 Å². The normalized spacial score (nSPS) is 12.6. The molecule has 0 spiro atoms. The molecule has 0 bridgehead atoms. The average molecular weight is 555 g/mol. The summed E-state index contributed by atoms with van der Waals surface area (Å²) in [5.74, 6) is 0. The van der Waals surface area contributed by atoms with Gasteiger partial charge in [-0.25, -0.2) is 0 Å². The zero-order valence-electron chi connectivity index (χ0n) is 20.5. The van der Waals surface area contributed by atoms with Gasteiger partial charge < -0.3 is 0 Å². The summed E-state index contributed by atoms with van der Waals surface area (Å²) in [7, 11) is -10.3. The van der Waals surface area contributed by atoms with Crippen LogP contribution >= 0.6 is 7.92 Å². The Labute approximate surface area is 219 Å². The Kier molecular flexibility index (Phi) is 7.43. The van der Waals surface area contributed by atoms with Crippen molar-refractivity contribution in [2.24, 2.45) is 0 Å². The van der Waals surface area contributed by atoms with E-state index in [2.05, 4.69) is 45.0 Å². The summed E-state index contributed by atoms with van der Waals surface area (Å²) in [6, 6.07) is 28.1. The number of hydrogen-bond donors (Lipinski definition) is 2. The van der Waals surface area contributed by atoms with Crippen molar-refractivity contribution in [2.45, 2.75) is 36.0 Å². The van der Waals surface area contributed by atoms with Crippen LogP contribution < -0.4 is 15.9 Å². The van der Waals surface area contributed by atoms with E-state index in [1.54, 1.807) is 12.1 Å². The van der Waals surface area contributed by atoms with Crippen molar-refractivity contribution in [1.82, 2.24) is 0 Å². The molecule has 0 saturated heterocycles. The Morgan fingerprint density at radius 3 is 1.35 bits per heavy atom. The topological polar surface area (TPSA) is 109 Å². The highest BCUT2D eigenvalue weighted by Crippen LogP contribution is 2.35. The summed E-state index contributed by atoms with van der Waals surface area (Å²) < 4.78 is 66.4. The lowest BCUT2D eigenvalue weighted by molar-refractivity contribution is 0.481. The molecule has 0 atom stereocenters. The second-order valence-electron chi connectivity index (χ2n) is 9.65. The summed E-state index contributed by atoms with van der Waals surface area (Å²) in [6.45, 7) is 6.48. The van der Waals surface area contributed by atoms with E-state index < -0.39 is 28.2 Å². The molecular formula is C28H27O6PS2. The van der Waals surface area contributed by atoms with Gasteiger partial charge in [0.1, 0.15) is 0 Å². The molecule has 0 heterocycles. The van der Waals surface area contributed by atoms with Crippen LogP contribution in [0.3, 0.4) is 0 Å². The van der Waals surface area contributed by atoms with Gasteiger partial charge in [-0.05, 0) is 70.2 Å². The van der Waals surface area contributed by atoms with E-state index in [0.717, 1.165) is 16.4 Å². The van der Waals surface area contributed by atoms with Gasteiger partial charge in [-0.15, -0.1) is 0 Å². The van der Waals surface area contributed by atoms with Crippen LogP contribution in [0.25, 0.3) is 11.1 Å². The zero-order chi connectivity index (χ0) is 27.0. The Bertz CT molecular complexity index is 1560. The first-order valence-electron chi connectivity index (χ1n) is 11.4. The van der Waals surface area contributed by atoms with Crippen LogP contribution in [-0.4, -0.2) is 25.9 Å². The third-order valence-electron chi connectivity index (χ3n) is 5.96. The van der Waals surface area contributed by atoms with E-state index in [-0.39, 0.29) is 15.2 Å². The molecule has 0 unspecified atom stereocenters. The fraction of sp³-hybridized carbons (Fsp3) is 0.143. The van der Waals surface area contributed by atoms with Crippen LogP contribution in [0.15, 0.2) is 107 Å². The summed E-state index contributed by atoms with van der Waals surface area (Å²) in [5, 5.41) is 2.03. The van der Waals surface area contributed by atoms with E-state index in [1.165, 1.54) is 42.0 Å². The minimum atomic E-state index is -4.44. The number of benzene rings is 4. The molecule has 0 aliphatic rings. The summed E-state index contributed by atoms with van der Waals surface area (Å²) >= 11 is 0. The summed E-state index contributed by atoms with van der Waals surface area (Å²) in [6.07, 6.45) is 0. The van der Waals surface area contributed by atoms with Crippen molar-refractivity contribution in [3.8, 4) is 11.1 Å². The lowest BCUT2D eigenvalue weighted by atomic mass is 9.86. The van der Waals surface area contributed by atoms with Crippen molar-refractivity contribution in [3.05, 3.63) is 103 Å². The van der Waals surface area contributed by atoms with Crippen molar-refractivity contribution < 1.29 is 25.9 Å². The Hall–Kier alpha value is -2.87. The van der Waals surface area contributed by atoms with Crippen LogP contribution in [-0.2, 0) is 25.7 Å². The third kappa shape index (κ3) is 6.35. The van der Waals surface area contributed by atoms with Gasteiger partial charge in [-0.2, -0.15) is 16.8 Å². The van der Waals surface area contributed by atoms with E-state index in [1.807, 2.05) is 24.3 Å². The molecule has 0 radical (unpaired) electrons. The first-order valence-corrected chi connectivity index (χ1v) is 15.6. The van der Waals surface area contributed by atoms with Crippen molar-refractivity contribution in [2.75, 3.05) is 0 Å². The average Bonchev–Trinajstić information content (AvgIpc) is 2.84. The third-order valence-corrected chi connectivity index (χ3v) is 10.1. The lowest BCUT2D eigenvalue weighted by Crippen LogP contribution is -2.22. The predicted octanol–water partition coefficient (Wildman–Crippen LogP) is 4.90. The van der Waals surface area contributed by atoms with Gasteiger partial charge in [0.15, 0.2) is 0 Å². The first kappa shape index (κ1) is 27.2. The number of rotatable bonds is 6. The minimum Gasteiger partial charge on any atom is -0.282 e. The van der Waals surface area contributed by atoms with Crippen LogP contribution in [0.5, 0.6) is 0 Å². The quantitative estimate of drug-likeness (QED) is 0.259.